The minimum atomic E-state index is 0.608. The summed E-state index contributed by atoms with van der Waals surface area (Å²) < 4.78 is 0. The molecule has 3 nitrogen and oxygen atoms in total. The van der Waals surface area contributed by atoms with E-state index in [-0.39, 0.29) is 0 Å². The van der Waals surface area contributed by atoms with Crippen LogP contribution in [0.4, 0.5) is 0 Å². The van der Waals surface area contributed by atoms with Gasteiger partial charge in [-0.2, -0.15) is 0 Å². The van der Waals surface area contributed by atoms with Gasteiger partial charge in [0.15, 0.2) is 0 Å². The maximum atomic E-state index is 3.47. The number of piperidine rings is 1. The topological polar surface area (TPSA) is 18.5 Å². The normalized spacial score (nSPS) is 19.9. The number of likely N-dealkylation sites (N-methyl/N-ethyl adjacent to an activating group) is 1. The Bertz CT molecular complexity index is 174. The van der Waals surface area contributed by atoms with Crippen LogP contribution in [-0.2, 0) is 0 Å². The molecule has 1 saturated heterocycles. The minimum absolute atomic E-state index is 0.608. The van der Waals surface area contributed by atoms with Crippen molar-refractivity contribution in [2.45, 2.75) is 32.7 Å². The van der Waals surface area contributed by atoms with Crippen molar-refractivity contribution in [3.8, 4) is 0 Å². The van der Waals surface area contributed by atoms with Crippen LogP contribution in [0.3, 0.4) is 0 Å². The first-order valence-corrected chi connectivity index (χ1v) is 6.68. The van der Waals surface area contributed by atoms with Gasteiger partial charge < -0.3 is 15.1 Å². The van der Waals surface area contributed by atoms with Gasteiger partial charge in [-0.05, 0) is 45.9 Å². The lowest BCUT2D eigenvalue weighted by atomic mass is 9.97. The summed E-state index contributed by atoms with van der Waals surface area (Å²) in [5.41, 5.74) is 0. The second-order valence-electron chi connectivity index (χ2n) is 5.62. The molecule has 0 spiro atoms. The van der Waals surface area contributed by atoms with E-state index < -0.39 is 0 Å². The molecule has 1 aliphatic heterocycles. The number of likely N-dealkylation sites (tertiary alicyclic amines) is 1. The van der Waals surface area contributed by atoms with Gasteiger partial charge in [0.25, 0.3) is 0 Å². The zero-order chi connectivity index (χ0) is 12.0. The average molecular weight is 227 g/mol. The fraction of sp³-hybridized carbons (Fsp3) is 1.00. The van der Waals surface area contributed by atoms with Crippen molar-refractivity contribution in [2.75, 3.05) is 46.8 Å². The van der Waals surface area contributed by atoms with Crippen molar-refractivity contribution in [1.82, 2.24) is 15.1 Å². The Morgan fingerprint density at radius 2 is 1.94 bits per heavy atom. The van der Waals surface area contributed by atoms with E-state index in [9.17, 15) is 0 Å². The summed E-state index contributed by atoms with van der Waals surface area (Å²) in [4.78, 5) is 4.92. The molecule has 0 aromatic rings. The lowest BCUT2D eigenvalue weighted by molar-refractivity contribution is 0.176. The van der Waals surface area contributed by atoms with Crippen LogP contribution in [0.15, 0.2) is 0 Å². The molecule has 1 fully saturated rings. The smallest absolute Gasteiger partial charge is 0.0104 e. The summed E-state index contributed by atoms with van der Waals surface area (Å²) in [5, 5.41) is 3.47. The number of hydrogen-bond donors (Lipinski definition) is 1. The highest BCUT2D eigenvalue weighted by molar-refractivity contribution is 4.72. The van der Waals surface area contributed by atoms with Crippen LogP contribution < -0.4 is 5.32 Å². The highest BCUT2D eigenvalue weighted by atomic mass is 15.1. The molecule has 1 rings (SSSR count). The molecule has 0 bridgehead atoms. The second kappa shape index (κ2) is 7.25. The third kappa shape index (κ3) is 5.83. The minimum Gasteiger partial charge on any atom is -0.313 e. The molecule has 0 aromatic carbocycles. The molecule has 0 radical (unpaired) electrons. The Hall–Kier alpha value is -0.120. The van der Waals surface area contributed by atoms with E-state index in [0.717, 1.165) is 12.5 Å². The number of nitrogens with zero attached hydrogens (tertiary/aromatic N) is 2. The maximum absolute atomic E-state index is 3.47. The molecule has 0 aromatic heterocycles. The monoisotopic (exact) mass is 227 g/mol. The zero-order valence-electron chi connectivity index (χ0n) is 11.5. The first-order chi connectivity index (χ1) is 7.58. The standard InChI is InChI=1S/C13H29N3/c1-12(2)14-7-10-16(4)11-13-5-8-15(3)9-6-13/h12-14H,5-11H2,1-4H3. The Balaban J connectivity index is 2.07. The summed E-state index contributed by atoms with van der Waals surface area (Å²) in [6.45, 7) is 10.5. The van der Waals surface area contributed by atoms with E-state index >= 15 is 0 Å². The van der Waals surface area contributed by atoms with Gasteiger partial charge in [-0.1, -0.05) is 13.8 Å². The van der Waals surface area contributed by atoms with Crippen molar-refractivity contribution in [3.63, 3.8) is 0 Å². The predicted molar refractivity (Wildman–Crippen MR) is 70.9 cm³/mol. The molecule has 0 saturated carbocycles. The quantitative estimate of drug-likeness (QED) is 0.737. The van der Waals surface area contributed by atoms with E-state index in [1.54, 1.807) is 0 Å². The summed E-state index contributed by atoms with van der Waals surface area (Å²) >= 11 is 0. The molecular weight excluding hydrogens is 198 g/mol. The van der Waals surface area contributed by atoms with Crippen LogP contribution in [0, 0.1) is 5.92 Å². The van der Waals surface area contributed by atoms with Gasteiger partial charge in [0.05, 0.1) is 0 Å². The maximum Gasteiger partial charge on any atom is 0.0104 e. The Kier molecular flexibility index (Phi) is 6.32. The molecule has 3 heteroatoms. The highest BCUT2D eigenvalue weighted by Crippen LogP contribution is 2.16. The molecule has 1 heterocycles. The molecular formula is C13H29N3. The first-order valence-electron chi connectivity index (χ1n) is 6.68. The largest absolute Gasteiger partial charge is 0.313 e. The van der Waals surface area contributed by atoms with Crippen LogP contribution in [-0.4, -0.2) is 62.7 Å². The third-order valence-electron chi connectivity index (χ3n) is 3.45. The number of hydrogen-bond acceptors (Lipinski definition) is 3. The summed E-state index contributed by atoms with van der Waals surface area (Å²) in [7, 11) is 4.48. The molecule has 96 valence electrons. The predicted octanol–water partition coefficient (Wildman–Crippen LogP) is 1.26. The van der Waals surface area contributed by atoms with E-state index in [1.807, 2.05) is 0 Å². The summed E-state index contributed by atoms with van der Waals surface area (Å²) in [6, 6.07) is 0.608. The zero-order valence-corrected chi connectivity index (χ0v) is 11.5. The Morgan fingerprint density at radius 1 is 1.31 bits per heavy atom. The molecule has 0 amide bonds. The highest BCUT2D eigenvalue weighted by Gasteiger charge is 2.17. The van der Waals surface area contributed by atoms with Crippen molar-refractivity contribution >= 4 is 0 Å². The molecule has 0 atom stereocenters. The average Bonchev–Trinajstić information content (AvgIpc) is 2.21. The van der Waals surface area contributed by atoms with E-state index in [1.165, 1.54) is 39.0 Å². The molecule has 0 unspecified atom stereocenters. The molecule has 1 aliphatic rings. The van der Waals surface area contributed by atoms with Gasteiger partial charge in [-0.3, -0.25) is 0 Å². The van der Waals surface area contributed by atoms with E-state index in [4.69, 9.17) is 0 Å². The van der Waals surface area contributed by atoms with Crippen molar-refractivity contribution in [1.29, 1.82) is 0 Å². The molecule has 0 aliphatic carbocycles. The second-order valence-corrected chi connectivity index (χ2v) is 5.62. The fourth-order valence-corrected chi connectivity index (χ4v) is 2.32. The summed E-state index contributed by atoms with van der Waals surface area (Å²) in [5.74, 6) is 0.917. The van der Waals surface area contributed by atoms with Crippen LogP contribution in [0.2, 0.25) is 0 Å². The van der Waals surface area contributed by atoms with Crippen molar-refractivity contribution in [3.05, 3.63) is 0 Å². The molecule has 16 heavy (non-hydrogen) atoms. The number of nitrogens with one attached hydrogen (secondary N) is 1. The van der Waals surface area contributed by atoms with E-state index in [2.05, 4.69) is 43.1 Å². The first kappa shape index (κ1) is 13.9. The van der Waals surface area contributed by atoms with Gasteiger partial charge in [0.1, 0.15) is 0 Å². The van der Waals surface area contributed by atoms with Gasteiger partial charge in [0.2, 0.25) is 0 Å². The summed E-state index contributed by atoms with van der Waals surface area (Å²) in [6.07, 6.45) is 2.75. The van der Waals surface area contributed by atoms with Gasteiger partial charge in [0, 0.05) is 25.7 Å². The van der Waals surface area contributed by atoms with Gasteiger partial charge in [-0.25, -0.2) is 0 Å². The Labute approximate surface area is 101 Å². The fourth-order valence-electron chi connectivity index (χ4n) is 2.32. The third-order valence-corrected chi connectivity index (χ3v) is 3.45. The van der Waals surface area contributed by atoms with Crippen LogP contribution in [0.1, 0.15) is 26.7 Å². The lowest BCUT2D eigenvalue weighted by Gasteiger charge is -2.31. The van der Waals surface area contributed by atoms with E-state index in [0.29, 0.717) is 6.04 Å². The van der Waals surface area contributed by atoms with Gasteiger partial charge in [-0.15, -0.1) is 0 Å². The van der Waals surface area contributed by atoms with Crippen molar-refractivity contribution < 1.29 is 0 Å². The van der Waals surface area contributed by atoms with Crippen LogP contribution >= 0.6 is 0 Å². The number of rotatable bonds is 6. The van der Waals surface area contributed by atoms with Gasteiger partial charge >= 0.3 is 0 Å². The van der Waals surface area contributed by atoms with Crippen LogP contribution in [0.5, 0.6) is 0 Å². The SMILES string of the molecule is CC(C)NCCN(C)CC1CCN(C)CC1. The van der Waals surface area contributed by atoms with Crippen molar-refractivity contribution in [2.24, 2.45) is 5.92 Å². The van der Waals surface area contributed by atoms with Crippen LogP contribution in [0.25, 0.3) is 0 Å². The Morgan fingerprint density at radius 3 is 2.50 bits per heavy atom. The lowest BCUT2D eigenvalue weighted by Crippen LogP contribution is -2.38. The molecule has 1 N–H and O–H groups in total.